The summed E-state index contributed by atoms with van der Waals surface area (Å²) in [5, 5.41) is 6.31. The van der Waals surface area contributed by atoms with Crippen molar-refractivity contribution < 1.29 is 17.7 Å². The number of carbonyl (C=O) groups excluding carboxylic acids is 1. The van der Waals surface area contributed by atoms with Crippen molar-refractivity contribution in [2.75, 3.05) is 18.4 Å². The third-order valence-electron chi connectivity index (χ3n) is 4.35. The van der Waals surface area contributed by atoms with Crippen molar-refractivity contribution >= 4 is 21.6 Å². The lowest BCUT2D eigenvalue weighted by atomic mass is 10.0. The number of nitrogens with zero attached hydrogens (tertiary/aromatic N) is 2. The fraction of sp³-hybridized carbons (Fsp3) is 0.412. The van der Waals surface area contributed by atoms with Gasteiger partial charge in [-0.2, -0.15) is 4.31 Å². The Morgan fingerprint density at radius 2 is 1.88 bits per heavy atom. The minimum absolute atomic E-state index is 0.177. The summed E-state index contributed by atoms with van der Waals surface area (Å²) >= 11 is 0. The molecule has 0 aliphatic carbocycles. The van der Waals surface area contributed by atoms with Gasteiger partial charge >= 0.3 is 0 Å². The highest BCUT2D eigenvalue weighted by Gasteiger charge is 2.27. The van der Waals surface area contributed by atoms with Crippen LogP contribution in [-0.4, -0.2) is 36.9 Å². The Hall–Kier alpha value is -2.19. The van der Waals surface area contributed by atoms with Crippen molar-refractivity contribution in [3.05, 3.63) is 41.8 Å². The summed E-state index contributed by atoms with van der Waals surface area (Å²) in [6.45, 7) is 4.93. The lowest BCUT2D eigenvalue weighted by molar-refractivity contribution is 0.101. The van der Waals surface area contributed by atoms with Gasteiger partial charge in [-0.25, -0.2) is 8.42 Å². The molecule has 134 valence electrons. The Balaban J connectivity index is 1.70. The van der Waals surface area contributed by atoms with Crippen molar-refractivity contribution in [2.45, 2.75) is 31.6 Å². The molecule has 0 bridgehead atoms. The second-order valence-electron chi connectivity index (χ2n) is 6.39. The van der Waals surface area contributed by atoms with Gasteiger partial charge in [0.2, 0.25) is 10.0 Å². The van der Waals surface area contributed by atoms with E-state index < -0.39 is 15.9 Å². The number of hydrogen-bond acceptors (Lipinski definition) is 5. The van der Waals surface area contributed by atoms with E-state index in [1.807, 2.05) is 0 Å². The second kappa shape index (κ2) is 6.97. The quantitative estimate of drug-likeness (QED) is 0.901. The van der Waals surface area contributed by atoms with Crippen LogP contribution in [0.2, 0.25) is 0 Å². The number of sulfonamides is 1. The van der Waals surface area contributed by atoms with Crippen molar-refractivity contribution in [1.29, 1.82) is 0 Å². The second-order valence-corrected chi connectivity index (χ2v) is 8.33. The van der Waals surface area contributed by atoms with Gasteiger partial charge in [0.15, 0.2) is 5.69 Å². The smallest absolute Gasteiger partial charge is 0.277 e. The molecular formula is C17H21N3O4S. The van der Waals surface area contributed by atoms with Crippen LogP contribution in [0.1, 0.15) is 36.0 Å². The molecule has 1 N–H and O–H groups in total. The molecule has 1 amide bonds. The Morgan fingerprint density at radius 1 is 1.24 bits per heavy atom. The van der Waals surface area contributed by atoms with Crippen molar-refractivity contribution in [1.82, 2.24) is 9.46 Å². The Kier molecular flexibility index (Phi) is 4.91. The first kappa shape index (κ1) is 17.6. The molecule has 0 radical (unpaired) electrons. The highest BCUT2D eigenvalue weighted by atomic mass is 32.2. The Labute approximate surface area is 147 Å². The minimum Gasteiger partial charge on any atom is -0.361 e. The lowest BCUT2D eigenvalue weighted by Crippen LogP contribution is -2.37. The van der Waals surface area contributed by atoms with E-state index in [1.165, 1.54) is 22.5 Å². The zero-order valence-electron chi connectivity index (χ0n) is 14.2. The molecule has 1 aromatic carbocycles. The third kappa shape index (κ3) is 3.91. The predicted octanol–water partition coefficient (Wildman–Crippen LogP) is 2.66. The SMILES string of the molecule is Cc1cc(C(=O)Nc2ccc(S(=O)(=O)N3CCC(C)CC3)cc2)no1. The van der Waals surface area contributed by atoms with Crippen LogP contribution in [0.5, 0.6) is 0 Å². The van der Waals surface area contributed by atoms with E-state index in [0.29, 0.717) is 30.5 Å². The molecule has 0 unspecified atom stereocenters. The first-order valence-corrected chi connectivity index (χ1v) is 9.65. The number of aryl methyl sites for hydroxylation is 1. The number of rotatable bonds is 4. The number of piperidine rings is 1. The highest BCUT2D eigenvalue weighted by Crippen LogP contribution is 2.24. The largest absolute Gasteiger partial charge is 0.361 e. The maximum absolute atomic E-state index is 12.7. The standard InChI is InChI=1S/C17H21N3O4S/c1-12-7-9-20(10-8-12)25(22,23)15-5-3-14(4-6-15)18-17(21)16-11-13(2)24-19-16/h3-6,11-12H,7-10H2,1-2H3,(H,18,21). The summed E-state index contributed by atoms with van der Waals surface area (Å²) in [4.78, 5) is 12.3. The van der Waals surface area contributed by atoms with Gasteiger partial charge in [-0.15, -0.1) is 0 Å². The van der Waals surface area contributed by atoms with E-state index in [4.69, 9.17) is 4.52 Å². The van der Waals surface area contributed by atoms with E-state index in [2.05, 4.69) is 17.4 Å². The van der Waals surface area contributed by atoms with E-state index in [1.54, 1.807) is 19.1 Å². The molecule has 1 aliphatic rings. The third-order valence-corrected chi connectivity index (χ3v) is 6.27. The molecule has 2 aromatic rings. The molecule has 1 fully saturated rings. The van der Waals surface area contributed by atoms with Crippen LogP contribution in [0.25, 0.3) is 0 Å². The van der Waals surface area contributed by atoms with E-state index >= 15 is 0 Å². The fourth-order valence-electron chi connectivity index (χ4n) is 2.75. The molecule has 2 heterocycles. The van der Waals surface area contributed by atoms with Crippen LogP contribution in [-0.2, 0) is 10.0 Å². The lowest BCUT2D eigenvalue weighted by Gasteiger charge is -2.29. The molecule has 25 heavy (non-hydrogen) atoms. The summed E-state index contributed by atoms with van der Waals surface area (Å²) in [5.74, 6) is 0.698. The van der Waals surface area contributed by atoms with E-state index in [9.17, 15) is 13.2 Å². The molecule has 0 saturated carbocycles. The van der Waals surface area contributed by atoms with E-state index in [-0.39, 0.29) is 10.6 Å². The number of benzene rings is 1. The number of amides is 1. The van der Waals surface area contributed by atoms with Gasteiger partial charge in [0.25, 0.3) is 5.91 Å². The molecule has 1 saturated heterocycles. The number of hydrogen-bond donors (Lipinski definition) is 1. The van der Waals surface area contributed by atoms with Crippen LogP contribution in [0.15, 0.2) is 39.8 Å². The number of anilines is 1. The highest BCUT2D eigenvalue weighted by molar-refractivity contribution is 7.89. The molecule has 1 aliphatic heterocycles. The molecule has 8 heteroatoms. The normalized spacial score (nSPS) is 16.7. The summed E-state index contributed by atoms with van der Waals surface area (Å²) in [7, 11) is -3.49. The molecular weight excluding hydrogens is 342 g/mol. The average molecular weight is 363 g/mol. The van der Waals surface area contributed by atoms with Gasteiger partial charge in [0.1, 0.15) is 5.76 Å². The summed E-state index contributed by atoms with van der Waals surface area (Å²) in [6.07, 6.45) is 1.76. The van der Waals surface area contributed by atoms with Crippen molar-refractivity contribution in [2.24, 2.45) is 5.92 Å². The molecule has 1 aromatic heterocycles. The number of nitrogens with one attached hydrogen (secondary N) is 1. The Morgan fingerprint density at radius 3 is 2.44 bits per heavy atom. The summed E-state index contributed by atoms with van der Waals surface area (Å²) < 4.78 is 31.7. The van der Waals surface area contributed by atoms with Crippen LogP contribution in [0, 0.1) is 12.8 Å². The summed E-state index contributed by atoms with van der Waals surface area (Å²) in [6, 6.07) is 7.70. The number of carbonyl (C=O) groups is 1. The molecule has 0 atom stereocenters. The minimum atomic E-state index is -3.49. The van der Waals surface area contributed by atoms with Crippen LogP contribution >= 0.6 is 0 Å². The maximum Gasteiger partial charge on any atom is 0.277 e. The summed E-state index contributed by atoms with van der Waals surface area (Å²) in [5.41, 5.74) is 0.675. The van der Waals surface area contributed by atoms with Crippen LogP contribution in [0.4, 0.5) is 5.69 Å². The zero-order valence-corrected chi connectivity index (χ0v) is 15.0. The van der Waals surface area contributed by atoms with Crippen molar-refractivity contribution in [3.63, 3.8) is 0 Å². The van der Waals surface area contributed by atoms with Gasteiger partial charge in [0, 0.05) is 24.8 Å². The van der Waals surface area contributed by atoms with E-state index in [0.717, 1.165) is 12.8 Å². The van der Waals surface area contributed by atoms with Gasteiger partial charge in [-0.1, -0.05) is 12.1 Å². The topological polar surface area (TPSA) is 92.5 Å². The fourth-order valence-corrected chi connectivity index (χ4v) is 4.22. The van der Waals surface area contributed by atoms with Gasteiger partial charge in [-0.05, 0) is 49.9 Å². The molecule has 0 spiro atoms. The van der Waals surface area contributed by atoms with Crippen molar-refractivity contribution in [3.8, 4) is 0 Å². The first-order chi connectivity index (χ1) is 11.9. The van der Waals surface area contributed by atoms with Gasteiger partial charge < -0.3 is 9.84 Å². The van der Waals surface area contributed by atoms with Gasteiger partial charge in [0.05, 0.1) is 4.90 Å². The van der Waals surface area contributed by atoms with Crippen LogP contribution in [0.3, 0.4) is 0 Å². The van der Waals surface area contributed by atoms with Gasteiger partial charge in [-0.3, -0.25) is 4.79 Å². The average Bonchev–Trinajstić information content (AvgIpc) is 3.02. The Bertz CT molecular complexity index is 850. The monoisotopic (exact) mass is 363 g/mol. The zero-order chi connectivity index (χ0) is 18.0. The molecule has 3 rings (SSSR count). The predicted molar refractivity (Wildman–Crippen MR) is 92.8 cm³/mol. The molecule has 7 nitrogen and oxygen atoms in total. The maximum atomic E-state index is 12.7. The first-order valence-electron chi connectivity index (χ1n) is 8.21. The number of aromatic nitrogens is 1. The van der Waals surface area contributed by atoms with Crippen LogP contribution < -0.4 is 5.32 Å².